The first-order valence-corrected chi connectivity index (χ1v) is 8.63. The van der Waals surface area contributed by atoms with Crippen LogP contribution in [-0.4, -0.2) is 16.5 Å². The Hall–Kier alpha value is -3.58. The topological polar surface area (TPSA) is 103 Å². The Labute approximate surface area is 165 Å². The highest BCUT2D eigenvalue weighted by Gasteiger charge is 2.16. The molecule has 0 fully saturated rings. The lowest BCUT2D eigenvalue weighted by Gasteiger charge is -2.11. The number of halogens is 1. The van der Waals surface area contributed by atoms with Crippen LogP contribution in [0.3, 0.4) is 0 Å². The summed E-state index contributed by atoms with van der Waals surface area (Å²) in [5, 5.41) is 3.13. The first kappa shape index (κ1) is 19.2. The van der Waals surface area contributed by atoms with Gasteiger partial charge in [-0.1, -0.05) is 35.9 Å². The van der Waals surface area contributed by atoms with Gasteiger partial charge in [-0.05, 0) is 42.0 Å². The van der Waals surface area contributed by atoms with Gasteiger partial charge in [0.05, 0.1) is 11.3 Å². The molecule has 0 aliphatic rings. The third-order valence-corrected chi connectivity index (χ3v) is 4.14. The lowest BCUT2D eigenvalue weighted by atomic mass is 10.1. The molecule has 2 amide bonds. The fraction of sp³-hybridized carbons (Fsp3) is 0.0500. The Balaban J connectivity index is 1.79. The molecule has 0 atom stereocenters. The van der Waals surface area contributed by atoms with Gasteiger partial charge in [-0.2, -0.15) is 4.73 Å². The quantitative estimate of drug-likeness (QED) is 0.666. The largest absolute Gasteiger partial charge is 0.406 e. The van der Waals surface area contributed by atoms with E-state index in [1.807, 2.05) is 0 Å². The Kier molecular flexibility index (Phi) is 5.76. The number of pyridine rings is 1. The number of aromatic nitrogens is 1. The van der Waals surface area contributed by atoms with Crippen molar-refractivity contribution < 1.29 is 14.4 Å². The summed E-state index contributed by atoms with van der Waals surface area (Å²) >= 11 is 5.84. The fourth-order valence-electron chi connectivity index (χ4n) is 2.47. The van der Waals surface area contributed by atoms with Crippen LogP contribution >= 0.6 is 11.6 Å². The number of benzene rings is 2. The number of hydrogen-bond acceptors (Lipinski definition) is 4. The molecule has 0 saturated carbocycles. The number of nitrogens with one attached hydrogen (secondary N) is 1. The fourth-order valence-corrected chi connectivity index (χ4v) is 2.60. The number of primary amides is 1. The molecule has 0 unspecified atom stereocenters. The first-order valence-electron chi connectivity index (χ1n) is 8.25. The molecule has 7 nitrogen and oxygen atoms in total. The van der Waals surface area contributed by atoms with Crippen molar-refractivity contribution in [2.45, 2.75) is 6.61 Å². The van der Waals surface area contributed by atoms with Crippen LogP contribution in [0.2, 0.25) is 5.02 Å². The van der Waals surface area contributed by atoms with E-state index >= 15 is 0 Å². The molecule has 0 aliphatic carbocycles. The average molecular weight is 398 g/mol. The number of rotatable bonds is 6. The monoisotopic (exact) mass is 397 g/mol. The van der Waals surface area contributed by atoms with Gasteiger partial charge >= 0.3 is 0 Å². The Bertz CT molecular complexity index is 1080. The van der Waals surface area contributed by atoms with Crippen molar-refractivity contribution in [3.05, 3.63) is 98.9 Å². The molecular formula is C20H16ClN3O4. The number of para-hydroxylation sites is 1. The number of nitrogens with zero attached hydrogens (tertiary/aromatic N) is 1. The van der Waals surface area contributed by atoms with E-state index in [1.54, 1.807) is 36.4 Å². The van der Waals surface area contributed by atoms with Gasteiger partial charge in [0.25, 0.3) is 17.4 Å². The number of amides is 2. The predicted octanol–water partition coefficient (Wildman–Crippen LogP) is 2.48. The Morgan fingerprint density at radius 1 is 1.00 bits per heavy atom. The highest BCUT2D eigenvalue weighted by molar-refractivity contribution is 6.30. The molecule has 0 radical (unpaired) electrons. The standard InChI is InChI=1S/C20H16ClN3O4/c21-14-9-7-13(8-10-14)12-28-24-11-3-5-16(20(24)27)19(26)23-17-6-2-1-4-15(17)18(22)25/h1-11H,12H2,(H2,22,25)(H,23,26). The summed E-state index contributed by atoms with van der Waals surface area (Å²) in [5.74, 6) is -1.36. The van der Waals surface area contributed by atoms with Crippen molar-refractivity contribution in [3.8, 4) is 0 Å². The lowest BCUT2D eigenvalue weighted by molar-refractivity contribution is 0.0863. The second-order valence-electron chi connectivity index (χ2n) is 5.82. The van der Waals surface area contributed by atoms with Crippen LogP contribution in [-0.2, 0) is 6.61 Å². The third kappa shape index (κ3) is 4.39. The van der Waals surface area contributed by atoms with Crippen molar-refractivity contribution in [2.24, 2.45) is 5.73 Å². The molecule has 1 aromatic heterocycles. The maximum absolute atomic E-state index is 12.6. The minimum absolute atomic E-state index is 0.118. The van der Waals surface area contributed by atoms with Gasteiger partial charge in [0.1, 0.15) is 12.2 Å². The zero-order chi connectivity index (χ0) is 20.1. The minimum atomic E-state index is -0.687. The zero-order valence-corrected chi connectivity index (χ0v) is 15.3. The van der Waals surface area contributed by atoms with Crippen molar-refractivity contribution in [2.75, 3.05) is 5.32 Å². The third-order valence-electron chi connectivity index (χ3n) is 3.88. The molecule has 3 aromatic rings. The normalized spacial score (nSPS) is 10.3. The number of anilines is 1. The van der Waals surface area contributed by atoms with E-state index in [9.17, 15) is 14.4 Å². The SMILES string of the molecule is NC(=O)c1ccccc1NC(=O)c1cccn(OCc2ccc(Cl)cc2)c1=O. The van der Waals surface area contributed by atoms with Crippen LogP contribution in [0.5, 0.6) is 0 Å². The van der Waals surface area contributed by atoms with E-state index in [2.05, 4.69) is 5.32 Å². The van der Waals surface area contributed by atoms with Crippen molar-refractivity contribution in [1.82, 2.24) is 4.73 Å². The molecule has 3 N–H and O–H groups in total. The summed E-state index contributed by atoms with van der Waals surface area (Å²) < 4.78 is 0.976. The summed E-state index contributed by atoms with van der Waals surface area (Å²) in [6, 6.07) is 16.1. The van der Waals surface area contributed by atoms with E-state index < -0.39 is 17.4 Å². The van der Waals surface area contributed by atoms with Crippen molar-refractivity contribution >= 4 is 29.1 Å². The summed E-state index contributed by atoms with van der Waals surface area (Å²) in [6.45, 7) is 0.118. The first-order chi connectivity index (χ1) is 13.5. The van der Waals surface area contributed by atoms with E-state index in [1.165, 1.54) is 30.5 Å². The molecule has 3 rings (SSSR count). The lowest BCUT2D eigenvalue weighted by Crippen LogP contribution is -2.32. The molecule has 28 heavy (non-hydrogen) atoms. The second-order valence-corrected chi connectivity index (χ2v) is 6.25. The summed E-state index contributed by atoms with van der Waals surface area (Å²) in [6.07, 6.45) is 1.41. The second kappa shape index (κ2) is 8.41. The molecule has 0 aliphatic heterocycles. The van der Waals surface area contributed by atoms with Crippen LogP contribution in [0.15, 0.2) is 71.7 Å². The van der Waals surface area contributed by atoms with Gasteiger partial charge in [0, 0.05) is 11.2 Å². The summed E-state index contributed by atoms with van der Waals surface area (Å²) in [7, 11) is 0. The molecule has 2 aromatic carbocycles. The highest BCUT2D eigenvalue weighted by Crippen LogP contribution is 2.15. The van der Waals surface area contributed by atoms with Crippen LogP contribution in [0.1, 0.15) is 26.3 Å². The summed E-state index contributed by atoms with van der Waals surface area (Å²) in [4.78, 5) is 42.0. The molecule has 0 saturated heterocycles. The Morgan fingerprint density at radius 3 is 2.39 bits per heavy atom. The van der Waals surface area contributed by atoms with Crippen molar-refractivity contribution in [1.29, 1.82) is 0 Å². The van der Waals surface area contributed by atoms with Gasteiger partial charge in [-0.3, -0.25) is 14.4 Å². The van der Waals surface area contributed by atoms with Crippen LogP contribution in [0, 0.1) is 0 Å². The number of nitrogens with two attached hydrogens (primary N) is 1. The number of carbonyl (C=O) groups excluding carboxylic acids is 2. The Morgan fingerprint density at radius 2 is 1.68 bits per heavy atom. The predicted molar refractivity (Wildman–Crippen MR) is 105 cm³/mol. The molecule has 1 heterocycles. The maximum Gasteiger partial charge on any atom is 0.295 e. The van der Waals surface area contributed by atoms with Gasteiger partial charge in [0.15, 0.2) is 0 Å². The molecule has 8 heteroatoms. The van der Waals surface area contributed by atoms with E-state index in [-0.39, 0.29) is 23.4 Å². The van der Waals surface area contributed by atoms with Gasteiger partial charge < -0.3 is 15.9 Å². The average Bonchev–Trinajstić information content (AvgIpc) is 2.68. The molecular weight excluding hydrogens is 382 g/mol. The maximum atomic E-state index is 12.6. The van der Waals surface area contributed by atoms with Crippen LogP contribution in [0.4, 0.5) is 5.69 Å². The van der Waals surface area contributed by atoms with Crippen molar-refractivity contribution in [3.63, 3.8) is 0 Å². The smallest absolute Gasteiger partial charge is 0.295 e. The number of carbonyl (C=O) groups is 2. The van der Waals surface area contributed by atoms with Gasteiger partial charge in [-0.25, -0.2) is 0 Å². The number of hydrogen-bond donors (Lipinski definition) is 2. The molecule has 142 valence electrons. The van der Waals surface area contributed by atoms with E-state index in [0.717, 1.165) is 10.3 Å². The van der Waals surface area contributed by atoms with Gasteiger partial charge in [0.2, 0.25) is 0 Å². The van der Waals surface area contributed by atoms with E-state index in [0.29, 0.717) is 5.02 Å². The molecule has 0 bridgehead atoms. The summed E-state index contributed by atoms with van der Waals surface area (Å²) in [5.41, 5.74) is 5.70. The van der Waals surface area contributed by atoms with Crippen LogP contribution in [0.25, 0.3) is 0 Å². The van der Waals surface area contributed by atoms with Crippen LogP contribution < -0.4 is 21.4 Å². The molecule has 0 spiro atoms. The zero-order valence-electron chi connectivity index (χ0n) is 14.6. The van der Waals surface area contributed by atoms with Gasteiger partial charge in [-0.15, -0.1) is 0 Å². The highest BCUT2D eigenvalue weighted by atomic mass is 35.5. The minimum Gasteiger partial charge on any atom is -0.406 e. The van der Waals surface area contributed by atoms with E-state index in [4.69, 9.17) is 22.2 Å².